The Kier molecular flexibility index (Phi) is 6.65. The number of benzene rings is 1. The summed E-state index contributed by atoms with van der Waals surface area (Å²) < 4.78 is 7.07. The third-order valence-electron chi connectivity index (χ3n) is 4.11. The van der Waals surface area contributed by atoms with Crippen molar-refractivity contribution in [3.63, 3.8) is 0 Å². The number of thioether (sulfide) groups is 1. The number of ether oxygens (including phenoxy) is 1. The molecule has 146 valence electrons. The highest BCUT2D eigenvalue weighted by molar-refractivity contribution is 7.99. The topological polar surface area (TPSA) is 81.9 Å². The van der Waals surface area contributed by atoms with E-state index in [4.69, 9.17) is 4.74 Å². The average Bonchev–Trinajstić information content (AvgIpc) is 3.05. The van der Waals surface area contributed by atoms with Gasteiger partial charge in [0.1, 0.15) is 10.8 Å². The molecule has 0 fully saturated rings. The second-order valence-corrected chi connectivity index (χ2v) is 7.26. The fraction of sp³-hybridized carbons (Fsp3) is 0.300. The van der Waals surface area contributed by atoms with Crippen molar-refractivity contribution in [3.8, 4) is 11.6 Å². The molecule has 0 aliphatic carbocycles. The Bertz CT molecular complexity index is 940. The summed E-state index contributed by atoms with van der Waals surface area (Å²) in [5.41, 5.74) is 3.01. The van der Waals surface area contributed by atoms with Crippen LogP contribution in [0.4, 0.5) is 0 Å². The van der Waals surface area contributed by atoms with Gasteiger partial charge in [0.2, 0.25) is 5.91 Å². The molecule has 0 unspecified atom stereocenters. The minimum absolute atomic E-state index is 0.0377. The number of methoxy groups -OCH3 is 1. The second-order valence-electron chi connectivity index (χ2n) is 6.27. The van der Waals surface area contributed by atoms with E-state index in [0.29, 0.717) is 23.1 Å². The molecule has 0 radical (unpaired) electrons. The molecule has 1 amide bonds. The van der Waals surface area contributed by atoms with Crippen molar-refractivity contribution >= 4 is 17.7 Å². The predicted octanol–water partition coefficient (Wildman–Crippen LogP) is 2.74. The van der Waals surface area contributed by atoms with Gasteiger partial charge in [0, 0.05) is 12.2 Å². The van der Waals surface area contributed by atoms with Gasteiger partial charge in [-0.15, -0.1) is 10.2 Å². The van der Waals surface area contributed by atoms with Crippen LogP contribution in [0.15, 0.2) is 47.5 Å². The van der Waals surface area contributed by atoms with Crippen LogP contribution in [0.3, 0.4) is 0 Å². The van der Waals surface area contributed by atoms with E-state index in [0.717, 1.165) is 29.1 Å². The normalized spacial score (nSPS) is 10.7. The van der Waals surface area contributed by atoms with Crippen molar-refractivity contribution in [2.24, 2.45) is 0 Å². The lowest BCUT2D eigenvalue weighted by atomic mass is 10.1. The molecule has 0 aliphatic rings. The van der Waals surface area contributed by atoms with Gasteiger partial charge in [0.05, 0.1) is 18.6 Å². The smallest absolute Gasteiger partial charge is 0.230 e. The summed E-state index contributed by atoms with van der Waals surface area (Å²) in [6, 6.07) is 13.5. The summed E-state index contributed by atoms with van der Waals surface area (Å²) in [5, 5.41) is 16.4. The number of amides is 1. The minimum atomic E-state index is -0.0377. The molecule has 0 bridgehead atoms. The molecule has 2 heterocycles. The third-order valence-corrected chi connectivity index (χ3v) is 5.03. The molecule has 8 heteroatoms. The van der Waals surface area contributed by atoms with Crippen molar-refractivity contribution in [1.29, 1.82) is 0 Å². The summed E-state index contributed by atoms with van der Waals surface area (Å²) in [6.07, 6.45) is 0.720. The minimum Gasteiger partial charge on any atom is -0.496 e. The van der Waals surface area contributed by atoms with E-state index in [9.17, 15) is 4.79 Å². The summed E-state index contributed by atoms with van der Waals surface area (Å²) in [4.78, 5) is 12.1. The van der Waals surface area contributed by atoms with Crippen molar-refractivity contribution in [1.82, 2.24) is 25.3 Å². The number of aryl methyl sites for hydroxylation is 2. The van der Waals surface area contributed by atoms with E-state index in [1.807, 2.05) is 56.3 Å². The van der Waals surface area contributed by atoms with Crippen LogP contribution in [0.2, 0.25) is 0 Å². The maximum Gasteiger partial charge on any atom is 0.230 e. The predicted molar refractivity (Wildman–Crippen MR) is 109 cm³/mol. The fourth-order valence-electron chi connectivity index (χ4n) is 2.80. The van der Waals surface area contributed by atoms with Crippen LogP contribution in [0.1, 0.15) is 17.0 Å². The van der Waals surface area contributed by atoms with Crippen molar-refractivity contribution < 1.29 is 9.53 Å². The zero-order chi connectivity index (χ0) is 19.9. The van der Waals surface area contributed by atoms with Gasteiger partial charge in [-0.05, 0) is 50.1 Å². The van der Waals surface area contributed by atoms with Crippen LogP contribution >= 0.6 is 11.8 Å². The molecule has 3 rings (SSSR count). The van der Waals surface area contributed by atoms with E-state index in [1.54, 1.807) is 11.8 Å². The number of nitrogens with zero attached hydrogens (tertiary/aromatic N) is 4. The molecule has 0 saturated heterocycles. The maximum absolute atomic E-state index is 12.1. The molecule has 0 atom stereocenters. The first-order chi connectivity index (χ1) is 13.6. The van der Waals surface area contributed by atoms with Gasteiger partial charge in [-0.3, -0.25) is 4.79 Å². The quantitative estimate of drug-likeness (QED) is 0.589. The van der Waals surface area contributed by atoms with Crippen molar-refractivity contribution in [3.05, 3.63) is 59.4 Å². The largest absolute Gasteiger partial charge is 0.496 e. The summed E-state index contributed by atoms with van der Waals surface area (Å²) in [7, 11) is 1.65. The number of hydrogen-bond acceptors (Lipinski definition) is 6. The van der Waals surface area contributed by atoms with Crippen LogP contribution in [0.25, 0.3) is 5.82 Å². The Morgan fingerprint density at radius 3 is 2.68 bits per heavy atom. The molecule has 0 aliphatic heterocycles. The molecule has 1 aromatic carbocycles. The van der Waals surface area contributed by atoms with Crippen LogP contribution in [-0.4, -0.2) is 45.3 Å². The number of carbonyl (C=O) groups is 1. The number of rotatable bonds is 8. The van der Waals surface area contributed by atoms with E-state index >= 15 is 0 Å². The number of hydrogen-bond donors (Lipinski definition) is 1. The third kappa shape index (κ3) is 5.10. The highest BCUT2D eigenvalue weighted by Gasteiger charge is 2.08. The average molecular weight is 398 g/mol. The SMILES string of the molecule is COc1ccccc1CCNC(=O)CSc1ccc(-n2nc(C)cc2C)nn1. The van der Waals surface area contributed by atoms with Gasteiger partial charge in [0.15, 0.2) is 5.82 Å². The molecule has 28 heavy (non-hydrogen) atoms. The first kappa shape index (κ1) is 19.9. The molecule has 7 nitrogen and oxygen atoms in total. The first-order valence-corrected chi connectivity index (χ1v) is 9.94. The highest BCUT2D eigenvalue weighted by Crippen LogP contribution is 2.18. The molecular formula is C20H23N5O2S. The second kappa shape index (κ2) is 9.36. The Morgan fingerprint density at radius 2 is 2.00 bits per heavy atom. The molecule has 0 saturated carbocycles. The lowest BCUT2D eigenvalue weighted by molar-refractivity contribution is -0.118. The lowest BCUT2D eigenvalue weighted by Gasteiger charge is -2.09. The summed E-state index contributed by atoms with van der Waals surface area (Å²) in [6.45, 7) is 4.47. The summed E-state index contributed by atoms with van der Waals surface area (Å²) >= 11 is 1.36. The zero-order valence-corrected chi connectivity index (χ0v) is 17.0. The molecule has 0 spiro atoms. The summed E-state index contributed by atoms with van der Waals surface area (Å²) in [5.74, 6) is 1.75. The number of aromatic nitrogens is 4. The monoisotopic (exact) mass is 397 g/mol. The highest BCUT2D eigenvalue weighted by atomic mass is 32.2. The molecule has 2 aromatic heterocycles. The zero-order valence-electron chi connectivity index (χ0n) is 16.2. The van der Waals surface area contributed by atoms with Gasteiger partial charge in [-0.1, -0.05) is 30.0 Å². The van der Waals surface area contributed by atoms with Crippen LogP contribution in [0.5, 0.6) is 5.75 Å². The number of para-hydroxylation sites is 1. The maximum atomic E-state index is 12.1. The first-order valence-electron chi connectivity index (χ1n) is 8.95. The van der Waals surface area contributed by atoms with Gasteiger partial charge in [0.25, 0.3) is 0 Å². The van der Waals surface area contributed by atoms with Crippen LogP contribution in [-0.2, 0) is 11.2 Å². The molecule has 3 aromatic rings. The van der Waals surface area contributed by atoms with E-state index < -0.39 is 0 Å². The van der Waals surface area contributed by atoms with Crippen molar-refractivity contribution in [2.75, 3.05) is 19.4 Å². The Hall–Kier alpha value is -2.87. The van der Waals surface area contributed by atoms with Gasteiger partial charge >= 0.3 is 0 Å². The van der Waals surface area contributed by atoms with Gasteiger partial charge in [-0.25, -0.2) is 4.68 Å². The number of carbonyl (C=O) groups excluding carboxylic acids is 1. The standard InChI is InChI=1S/C20H23N5O2S/c1-14-12-15(2)25(24-14)18-8-9-20(23-22-18)28-13-19(26)21-11-10-16-6-4-5-7-17(16)27-3/h4-9,12H,10-11,13H2,1-3H3,(H,21,26). The van der Waals surface area contributed by atoms with Crippen molar-refractivity contribution in [2.45, 2.75) is 25.3 Å². The Labute approximate surface area is 168 Å². The molecule has 1 N–H and O–H groups in total. The van der Waals surface area contributed by atoms with Gasteiger partial charge in [-0.2, -0.15) is 5.10 Å². The Balaban J connectivity index is 1.46. The fourth-order valence-corrected chi connectivity index (χ4v) is 3.44. The Morgan fingerprint density at radius 1 is 1.18 bits per heavy atom. The van der Waals surface area contributed by atoms with E-state index in [1.165, 1.54) is 11.8 Å². The number of nitrogens with one attached hydrogen (secondary N) is 1. The van der Waals surface area contributed by atoms with Crippen LogP contribution in [0, 0.1) is 13.8 Å². The lowest BCUT2D eigenvalue weighted by Crippen LogP contribution is -2.27. The van der Waals surface area contributed by atoms with E-state index in [2.05, 4.69) is 20.6 Å². The van der Waals surface area contributed by atoms with Gasteiger partial charge < -0.3 is 10.1 Å². The van der Waals surface area contributed by atoms with E-state index in [-0.39, 0.29) is 5.91 Å². The van der Waals surface area contributed by atoms with Crippen LogP contribution < -0.4 is 10.1 Å². The molecular weight excluding hydrogens is 374 g/mol.